The Morgan fingerprint density at radius 1 is 1.40 bits per heavy atom. The molecule has 0 aliphatic heterocycles. The molecule has 0 bridgehead atoms. The second-order valence-corrected chi connectivity index (χ2v) is 4.06. The van der Waals surface area contributed by atoms with Crippen LogP contribution in [0.5, 0.6) is 0 Å². The Bertz CT molecular complexity index is 532. The van der Waals surface area contributed by atoms with Crippen molar-refractivity contribution in [2.45, 2.75) is 19.3 Å². The molecule has 1 aromatic heterocycles. The van der Waals surface area contributed by atoms with Gasteiger partial charge in [-0.15, -0.1) is 0 Å². The zero-order valence-corrected chi connectivity index (χ0v) is 10.7. The van der Waals surface area contributed by atoms with Crippen LogP contribution in [0.3, 0.4) is 0 Å². The number of hydrogen-bond donors (Lipinski definition) is 3. The van der Waals surface area contributed by atoms with E-state index < -0.39 is 22.4 Å². The van der Waals surface area contributed by atoms with Crippen LogP contribution >= 0.6 is 0 Å². The summed E-state index contributed by atoms with van der Waals surface area (Å²) in [7, 11) is 0. The van der Waals surface area contributed by atoms with Crippen molar-refractivity contribution in [1.29, 1.82) is 0 Å². The third kappa shape index (κ3) is 4.52. The molecule has 0 fully saturated rings. The molecule has 5 N–H and O–H groups in total. The highest BCUT2D eigenvalue weighted by Gasteiger charge is 2.20. The Morgan fingerprint density at radius 3 is 2.70 bits per heavy atom. The number of anilines is 1. The molecule has 0 unspecified atom stereocenters. The Balaban J connectivity index is 2.61. The van der Waals surface area contributed by atoms with Crippen molar-refractivity contribution >= 4 is 23.3 Å². The number of aromatic nitrogens is 1. The van der Waals surface area contributed by atoms with Crippen molar-refractivity contribution in [3.05, 3.63) is 27.9 Å². The lowest BCUT2D eigenvalue weighted by Crippen LogP contribution is -2.25. The zero-order chi connectivity index (χ0) is 15.1. The summed E-state index contributed by atoms with van der Waals surface area (Å²) in [5.41, 5.74) is 9.83. The lowest BCUT2D eigenvalue weighted by Gasteiger charge is -2.05. The topological polar surface area (TPSA) is 154 Å². The smallest absolute Gasteiger partial charge is 0.300 e. The van der Waals surface area contributed by atoms with Gasteiger partial charge in [0.05, 0.1) is 4.92 Å². The number of nitrogens with one attached hydrogen (secondary N) is 1. The number of nitrogens with zero attached hydrogens (tertiary/aromatic N) is 2. The van der Waals surface area contributed by atoms with Gasteiger partial charge in [-0.3, -0.25) is 19.7 Å². The molecule has 0 aromatic carbocycles. The molecule has 0 saturated carbocycles. The van der Waals surface area contributed by atoms with Gasteiger partial charge < -0.3 is 16.8 Å². The number of pyridine rings is 1. The predicted molar refractivity (Wildman–Crippen MR) is 70.7 cm³/mol. The SMILES string of the molecule is NC(=O)CCCCNC(=O)c1cc(N)ncc1[N+](=O)[O-]. The van der Waals surface area contributed by atoms with Crippen molar-refractivity contribution in [3.8, 4) is 0 Å². The fourth-order valence-corrected chi connectivity index (χ4v) is 1.51. The van der Waals surface area contributed by atoms with Crippen LogP contribution in [0.2, 0.25) is 0 Å². The summed E-state index contributed by atoms with van der Waals surface area (Å²) in [5.74, 6) is -0.992. The lowest BCUT2D eigenvalue weighted by atomic mass is 10.2. The summed E-state index contributed by atoms with van der Waals surface area (Å²) in [6.45, 7) is 0.283. The number of rotatable bonds is 7. The Kier molecular flexibility index (Phi) is 5.39. The summed E-state index contributed by atoms with van der Waals surface area (Å²) >= 11 is 0. The number of nitro groups is 1. The van der Waals surface area contributed by atoms with E-state index in [1.165, 1.54) is 0 Å². The van der Waals surface area contributed by atoms with Gasteiger partial charge in [0.25, 0.3) is 11.6 Å². The van der Waals surface area contributed by atoms with Crippen molar-refractivity contribution in [3.63, 3.8) is 0 Å². The minimum Gasteiger partial charge on any atom is -0.384 e. The van der Waals surface area contributed by atoms with Crippen LogP contribution in [0.15, 0.2) is 12.3 Å². The predicted octanol–water partition coefficient (Wildman–Crippen LogP) is -0.0426. The fraction of sp³-hybridized carbons (Fsp3) is 0.364. The van der Waals surface area contributed by atoms with Crippen LogP contribution < -0.4 is 16.8 Å². The highest BCUT2D eigenvalue weighted by Crippen LogP contribution is 2.18. The van der Waals surface area contributed by atoms with Gasteiger partial charge in [-0.05, 0) is 18.9 Å². The second kappa shape index (κ2) is 7.02. The highest BCUT2D eigenvalue weighted by molar-refractivity contribution is 5.98. The van der Waals surface area contributed by atoms with Crippen LogP contribution in [-0.2, 0) is 4.79 Å². The van der Waals surface area contributed by atoms with Gasteiger partial charge in [0.15, 0.2) is 0 Å². The molecule has 20 heavy (non-hydrogen) atoms. The molecule has 0 spiro atoms. The first-order valence-electron chi connectivity index (χ1n) is 5.88. The van der Waals surface area contributed by atoms with Gasteiger partial charge in [0.1, 0.15) is 17.6 Å². The minimum absolute atomic E-state index is 0.0227. The number of carbonyl (C=O) groups is 2. The number of unbranched alkanes of at least 4 members (excludes halogenated alkanes) is 1. The van der Waals surface area contributed by atoms with Crippen LogP contribution in [0.4, 0.5) is 11.5 Å². The van der Waals surface area contributed by atoms with Crippen LogP contribution in [-0.4, -0.2) is 28.3 Å². The lowest BCUT2D eigenvalue weighted by molar-refractivity contribution is -0.385. The largest absolute Gasteiger partial charge is 0.384 e. The summed E-state index contributed by atoms with van der Waals surface area (Å²) < 4.78 is 0. The quantitative estimate of drug-likeness (QED) is 0.362. The highest BCUT2D eigenvalue weighted by atomic mass is 16.6. The number of nitrogens with two attached hydrogens (primary N) is 2. The molecular formula is C11H15N5O4. The number of amides is 2. The summed E-state index contributed by atoms with van der Waals surface area (Å²) in [6, 6.07) is 1.15. The van der Waals surface area contributed by atoms with E-state index in [-0.39, 0.29) is 24.3 Å². The van der Waals surface area contributed by atoms with Crippen molar-refractivity contribution in [2.24, 2.45) is 5.73 Å². The maximum Gasteiger partial charge on any atom is 0.300 e. The van der Waals surface area contributed by atoms with Crippen LogP contribution in [0.1, 0.15) is 29.6 Å². The monoisotopic (exact) mass is 281 g/mol. The normalized spacial score (nSPS) is 10.0. The maximum atomic E-state index is 11.8. The Labute approximate surface area is 114 Å². The number of hydrogen-bond acceptors (Lipinski definition) is 6. The molecule has 9 nitrogen and oxygen atoms in total. The van der Waals surface area contributed by atoms with Gasteiger partial charge in [-0.1, -0.05) is 0 Å². The molecule has 0 atom stereocenters. The van der Waals surface area contributed by atoms with E-state index in [1.54, 1.807) is 0 Å². The molecule has 0 saturated heterocycles. The number of nitrogen functional groups attached to an aromatic ring is 1. The van der Waals surface area contributed by atoms with E-state index in [4.69, 9.17) is 11.5 Å². The van der Waals surface area contributed by atoms with E-state index >= 15 is 0 Å². The standard InChI is InChI=1S/C11H15N5O4/c12-9-5-7(8(6-15-9)16(19)20)11(18)14-4-2-1-3-10(13)17/h5-6H,1-4H2,(H2,12,15)(H2,13,17)(H,14,18). The van der Waals surface area contributed by atoms with Gasteiger partial charge in [0, 0.05) is 13.0 Å². The van der Waals surface area contributed by atoms with Crippen molar-refractivity contribution in [2.75, 3.05) is 12.3 Å². The van der Waals surface area contributed by atoms with Crippen molar-refractivity contribution < 1.29 is 14.5 Å². The molecule has 2 amide bonds. The average molecular weight is 281 g/mol. The first-order chi connectivity index (χ1) is 9.41. The Morgan fingerprint density at radius 2 is 2.10 bits per heavy atom. The average Bonchev–Trinajstić information content (AvgIpc) is 2.37. The summed E-state index contributed by atoms with van der Waals surface area (Å²) in [5, 5.41) is 13.3. The second-order valence-electron chi connectivity index (χ2n) is 4.06. The van der Waals surface area contributed by atoms with E-state index in [0.717, 1.165) is 12.3 Å². The molecular weight excluding hydrogens is 266 g/mol. The fourth-order valence-electron chi connectivity index (χ4n) is 1.51. The third-order valence-electron chi connectivity index (χ3n) is 2.48. The third-order valence-corrected chi connectivity index (χ3v) is 2.48. The van der Waals surface area contributed by atoms with Crippen LogP contribution in [0.25, 0.3) is 0 Å². The zero-order valence-electron chi connectivity index (χ0n) is 10.7. The molecule has 0 aliphatic rings. The number of primary amides is 1. The van der Waals surface area contributed by atoms with Gasteiger partial charge in [-0.2, -0.15) is 0 Å². The van der Waals surface area contributed by atoms with Crippen molar-refractivity contribution in [1.82, 2.24) is 10.3 Å². The molecule has 0 aliphatic carbocycles. The first-order valence-corrected chi connectivity index (χ1v) is 5.88. The molecule has 1 aromatic rings. The van der Waals surface area contributed by atoms with E-state index in [0.29, 0.717) is 12.8 Å². The Hall–Kier alpha value is -2.71. The molecule has 108 valence electrons. The molecule has 0 radical (unpaired) electrons. The number of carbonyl (C=O) groups excluding carboxylic acids is 2. The molecule has 1 rings (SSSR count). The molecule has 9 heteroatoms. The van der Waals surface area contributed by atoms with Gasteiger partial charge >= 0.3 is 0 Å². The first kappa shape index (κ1) is 15.3. The molecule has 1 heterocycles. The maximum absolute atomic E-state index is 11.8. The van der Waals surface area contributed by atoms with Gasteiger partial charge in [0.2, 0.25) is 5.91 Å². The minimum atomic E-state index is -0.700. The van der Waals surface area contributed by atoms with Gasteiger partial charge in [-0.25, -0.2) is 4.98 Å². The van der Waals surface area contributed by atoms with E-state index in [9.17, 15) is 19.7 Å². The van der Waals surface area contributed by atoms with Crippen LogP contribution in [0, 0.1) is 10.1 Å². The van der Waals surface area contributed by atoms with E-state index in [2.05, 4.69) is 10.3 Å². The van der Waals surface area contributed by atoms with E-state index in [1.807, 2.05) is 0 Å². The summed E-state index contributed by atoms with van der Waals surface area (Å²) in [6.07, 6.45) is 2.26. The summed E-state index contributed by atoms with van der Waals surface area (Å²) in [4.78, 5) is 36.0.